The maximum atomic E-state index is 6.40. The van der Waals surface area contributed by atoms with Crippen molar-refractivity contribution in [3.8, 4) is 11.3 Å². The van der Waals surface area contributed by atoms with Crippen LogP contribution in [0.4, 0.5) is 0 Å². The van der Waals surface area contributed by atoms with Crippen LogP contribution in [-0.2, 0) is 11.8 Å². The van der Waals surface area contributed by atoms with Gasteiger partial charge in [-0.2, -0.15) is 0 Å². The van der Waals surface area contributed by atoms with Gasteiger partial charge in [-0.05, 0) is 53.3 Å². The predicted molar refractivity (Wildman–Crippen MR) is 136 cm³/mol. The molecule has 0 fully saturated rings. The van der Waals surface area contributed by atoms with E-state index in [1.807, 2.05) is 12.3 Å². The predicted octanol–water partition coefficient (Wildman–Crippen LogP) is 7.96. The lowest BCUT2D eigenvalue weighted by atomic mass is 9.81. The van der Waals surface area contributed by atoms with Gasteiger partial charge < -0.3 is 4.42 Å². The fraction of sp³-hybridized carbons (Fsp3) is 0.267. The SMILES string of the molecule is CC(C)(C)Cc1ccnc(-c2cccc3c2oc2nc(C(C)(C)c4ccccc4)ccc23)c1. The Balaban J connectivity index is 1.62. The molecule has 0 spiro atoms. The van der Waals surface area contributed by atoms with Crippen LogP contribution in [0.5, 0.6) is 0 Å². The second-order valence-electron chi connectivity index (χ2n) is 10.6. The summed E-state index contributed by atoms with van der Waals surface area (Å²) in [7, 11) is 0. The van der Waals surface area contributed by atoms with E-state index >= 15 is 0 Å². The molecule has 0 atom stereocenters. The van der Waals surface area contributed by atoms with Crippen molar-refractivity contribution in [1.82, 2.24) is 9.97 Å². The van der Waals surface area contributed by atoms with Gasteiger partial charge in [-0.1, -0.05) is 77.1 Å². The van der Waals surface area contributed by atoms with Gasteiger partial charge in [0.2, 0.25) is 5.71 Å². The van der Waals surface area contributed by atoms with Gasteiger partial charge in [-0.25, -0.2) is 4.98 Å². The third kappa shape index (κ3) is 4.04. The highest BCUT2D eigenvalue weighted by molar-refractivity contribution is 6.08. The minimum Gasteiger partial charge on any atom is -0.437 e. The Hall–Kier alpha value is -3.46. The van der Waals surface area contributed by atoms with Crippen LogP contribution in [-0.4, -0.2) is 9.97 Å². The zero-order chi connectivity index (χ0) is 23.2. The molecule has 0 amide bonds. The van der Waals surface area contributed by atoms with Crippen molar-refractivity contribution in [1.29, 1.82) is 0 Å². The van der Waals surface area contributed by atoms with Gasteiger partial charge in [0.15, 0.2) is 0 Å². The van der Waals surface area contributed by atoms with E-state index in [2.05, 4.69) is 106 Å². The summed E-state index contributed by atoms with van der Waals surface area (Å²) in [6.07, 6.45) is 2.90. The van der Waals surface area contributed by atoms with Gasteiger partial charge >= 0.3 is 0 Å². The van der Waals surface area contributed by atoms with E-state index < -0.39 is 0 Å². The molecule has 2 aromatic carbocycles. The summed E-state index contributed by atoms with van der Waals surface area (Å²) in [5.41, 5.74) is 6.96. The summed E-state index contributed by atoms with van der Waals surface area (Å²) < 4.78 is 6.40. The largest absolute Gasteiger partial charge is 0.437 e. The minimum absolute atomic E-state index is 0.218. The van der Waals surface area contributed by atoms with E-state index in [0.717, 1.165) is 39.7 Å². The summed E-state index contributed by atoms with van der Waals surface area (Å²) >= 11 is 0. The number of hydrogen-bond acceptors (Lipinski definition) is 3. The summed E-state index contributed by atoms with van der Waals surface area (Å²) in [5.74, 6) is 0. The maximum absolute atomic E-state index is 6.40. The van der Waals surface area contributed by atoms with E-state index in [1.165, 1.54) is 11.1 Å². The molecule has 0 saturated carbocycles. The third-order valence-electron chi connectivity index (χ3n) is 6.33. The lowest BCUT2D eigenvalue weighted by Crippen LogP contribution is -2.20. The monoisotopic (exact) mass is 434 g/mol. The van der Waals surface area contributed by atoms with Crippen LogP contribution in [0.25, 0.3) is 33.3 Å². The molecule has 3 aromatic heterocycles. The van der Waals surface area contributed by atoms with Crippen molar-refractivity contribution in [3.63, 3.8) is 0 Å². The second-order valence-corrected chi connectivity index (χ2v) is 10.6. The van der Waals surface area contributed by atoms with Crippen molar-refractivity contribution in [2.45, 2.75) is 46.5 Å². The number of aromatic nitrogens is 2. The molecule has 5 rings (SSSR count). The normalized spacial score (nSPS) is 12.5. The van der Waals surface area contributed by atoms with Crippen molar-refractivity contribution < 1.29 is 4.42 Å². The Morgan fingerprint density at radius 2 is 1.58 bits per heavy atom. The van der Waals surface area contributed by atoms with Gasteiger partial charge in [-0.15, -0.1) is 0 Å². The number of nitrogens with zero attached hydrogens (tertiary/aromatic N) is 2. The molecular weight excluding hydrogens is 404 g/mol. The van der Waals surface area contributed by atoms with Crippen LogP contribution < -0.4 is 0 Å². The first-order chi connectivity index (χ1) is 15.7. The smallest absolute Gasteiger partial charge is 0.227 e. The van der Waals surface area contributed by atoms with Crippen LogP contribution >= 0.6 is 0 Å². The molecule has 0 bridgehead atoms. The summed E-state index contributed by atoms with van der Waals surface area (Å²) in [4.78, 5) is 9.65. The average Bonchev–Trinajstić information content (AvgIpc) is 3.17. The molecule has 5 aromatic rings. The van der Waals surface area contributed by atoms with E-state index in [9.17, 15) is 0 Å². The van der Waals surface area contributed by atoms with E-state index in [0.29, 0.717) is 5.71 Å². The van der Waals surface area contributed by atoms with Gasteiger partial charge in [0, 0.05) is 27.9 Å². The first-order valence-corrected chi connectivity index (χ1v) is 11.6. The average molecular weight is 435 g/mol. The zero-order valence-electron chi connectivity index (χ0n) is 20.0. The van der Waals surface area contributed by atoms with E-state index in [-0.39, 0.29) is 10.8 Å². The van der Waals surface area contributed by atoms with Gasteiger partial charge in [0.1, 0.15) is 5.58 Å². The fourth-order valence-electron chi connectivity index (χ4n) is 4.58. The highest BCUT2D eigenvalue weighted by atomic mass is 16.3. The highest BCUT2D eigenvalue weighted by Crippen LogP contribution is 2.37. The van der Waals surface area contributed by atoms with Crippen LogP contribution in [0.2, 0.25) is 0 Å². The molecule has 0 radical (unpaired) electrons. The van der Waals surface area contributed by atoms with Crippen molar-refractivity contribution in [2.75, 3.05) is 0 Å². The van der Waals surface area contributed by atoms with Crippen molar-refractivity contribution >= 4 is 22.1 Å². The topological polar surface area (TPSA) is 38.9 Å². The summed E-state index contributed by atoms with van der Waals surface area (Å²) in [5, 5.41) is 2.10. The third-order valence-corrected chi connectivity index (χ3v) is 6.33. The van der Waals surface area contributed by atoms with Crippen LogP contribution in [0.15, 0.2) is 83.4 Å². The lowest BCUT2D eigenvalue weighted by Gasteiger charge is -2.24. The number of para-hydroxylation sites is 1. The van der Waals surface area contributed by atoms with Gasteiger partial charge in [0.05, 0.1) is 11.4 Å². The molecule has 0 aliphatic carbocycles. The van der Waals surface area contributed by atoms with Crippen LogP contribution in [0.1, 0.15) is 51.4 Å². The molecular formula is C30H30N2O. The number of hydrogen-bond donors (Lipinski definition) is 0. The molecule has 33 heavy (non-hydrogen) atoms. The second kappa shape index (κ2) is 7.84. The fourth-order valence-corrected chi connectivity index (χ4v) is 4.58. The molecule has 166 valence electrons. The molecule has 0 unspecified atom stereocenters. The Labute approximate surface area is 195 Å². The van der Waals surface area contributed by atoms with Crippen LogP contribution in [0, 0.1) is 5.41 Å². The standard InChI is InChI=1S/C30H30N2O/c1-29(2,3)19-20-16-17-31-25(18-20)24-13-9-12-22-23-14-15-26(32-28(23)33-27(22)24)30(4,5)21-10-7-6-8-11-21/h6-18H,19H2,1-5H3. The van der Waals surface area contributed by atoms with Gasteiger partial charge in [-0.3, -0.25) is 4.98 Å². The number of pyridine rings is 2. The first kappa shape index (κ1) is 21.4. The minimum atomic E-state index is -0.222. The van der Waals surface area contributed by atoms with Gasteiger partial charge in [0.25, 0.3) is 0 Å². The van der Waals surface area contributed by atoms with Crippen molar-refractivity contribution in [2.24, 2.45) is 5.41 Å². The molecule has 3 heteroatoms. The van der Waals surface area contributed by atoms with E-state index in [4.69, 9.17) is 9.40 Å². The summed E-state index contributed by atoms with van der Waals surface area (Å²) in [6, 6.07) is 25.3. The molecule has 0 aliphatic rings. The zero-order valence-corrected chi connectivity index (χ0v) is 20.0. The summed E-state index contributed by atoms with van der Waals surface area (Å²) in [6.45, 7) is 11.2. The Bertz CT molecular complexity index is 1440. The molecule has 3 heterocycles. The molecule has 0 aliphatic heterocycles. The quantitative estimate of drug-likeness (QED) is 0.288. The Morgan fingerprint density at radius 1 is 0.788 bits per heavy atom. The number of fused-ring (bicyclic) bond motifs is 3. The highest BCUT2D eigenvalue weighted by Gasteiger charge is 2.26. The Kier molecular flexibility index (Phi) is 5.08. The molecule has 0 saturated heterocycles. The number of furan rings is 1. The Morgan fingerprint density at radius 3 is 2.33 bits per heavy atom. The number of benzene rings is 2. The maximum Gasteiger partial charge on any atom is 0.227 e. The van der Waals surface area contributed by atoms with E-state index in [1.54, 1.807) is 0 Å². The molecule has 3 nitrogen and oxygen atoms in total. The lowest BCUT2D eigenvalue weighted by molar-refractivity contribution is 0.411. The first-order valence-electron chi connectivity index (χ1n) is 11.6. The van der Waals surface area contributed by atoms with Crippen LogP contribution in [0.3, 0.4) is 0 Å². The molecule has 0 N–H and O–H groups in total. The number of rotatable bonds is 4. The van der Waals surface area contributed by atoms with Crippen molar-refractivity contribution in [3.05, 3.63) is 95.8 Å².